The van der Waals surface area contributed by atoms with Crippen molar-refractivity contribution in [2.45, 2.75) is 12.5 Å². The first-order valence-corrected chi connectivity index (χ1v) is 9.47. The van der Waals surface area contributed by atoms with Gasteiger partial charge in [0.1, 0.15) is 0 Å². The van der Waals surface area contributed by atoms with Gasteiger partial charge in [-0.05, 0) is 48.4 Å². The van der Waals surface area contributed by atoms with Crippen molar-refractivity contribution in [1.82, 2.24) is 0 Å². The highest BCUT2D eigenvalue weighted by atomic mass is 16.1. The van der Waals surface area contributed by atoms with Crippen LogP contribution in [0.5, 0.6) is 0 Å². The van der Waals surface area contributed by atoms with Crippen molar-refractivity contribution in [1.29, 1.82) is 0 Å². The first kappa shape index (κ1) is 18.1. The number of hydrogen-bond donors (Lipinski definition) is 3. The monoisotopic (exact) mass is 372 g/mol. The summed E-state index contributed by atoms with van der Waals surface area (Å²) in [5.41, 5.74) is 16.9. The first-order chi connectivity index (χ1) is 13.6. The summed E-state index contributed by atoms with van der Waals surface area (Å²) in [7, 11) is 0. The number of carbonyl (C=O) groups excluding carboxylic acids is 1. The van der Waals surface area contributed by atoms with Crippen LogP contribution < -0.4 is 21.7 Å². The zero-order valence-electron chi connectivity index (χ0n) is 15.6. The van der Waals surface area contributed by atoms with E-state index in [4.69, 9.17) is 11.5 Å². The highest BCUT2D eigenvalue weighted by Gasteiger charge is 2.19. The molecule has 0 aromatic heterocycles. The number of anilines is 3. The number of amides is 1. The Bertz CT molecular complexity index is 970. The fourth-order valence-corrected chi connectivity index (χ4v) is 3.57. The molecule has 142 valence electrons. The van der Waals surface area contributed by atoms with Crippen molar-refractivity contribution in [3.63, 3.8) is 0 Å². The maximum absolute atomic E-state index is 12.8. The molecule has 1 heterocycles. The highest BCUT2D eigenvalue weighted by molar-refractivity contribution is 6.06. The van der Waals surface area contributed by atoms with Gasteiger partial charge in [0.15, 0.2) is 0 Å². The van der Waals surface area contributed by atoms with Crippen LogP contribution >= 0.6 is 0 Å². The van der Waals surface area contributed by atoms with Gasteiger partial charge < -0.3 is 21.7 Å². The molecule has 4 rings (SSSR count). The molecule has 0 aliphatic carbocycles. The maximum atomic E-state index is 12.8. The van der Waals surface area contributed by atoms with Gasteiger partial charge >= 0.3 is 0 Å². The number of benzene rings is 3. The largest absolute Gasteiger partial charge is 0.399 e. The van der Waals surface area contributed by atoms with E-state index in [0.717, 1.165) is 36.3 Å². The Morgan fingerprint density at radius 2 is 1.75 bits per heavy atom. The van der Waals surface area contributed by atoms with Gasteiger partial charge in [-0.15, -0.1) is 0 Å². The van der Waals surface area contributed by atoms with E-state index >= 15 is 0 Å². The predicted molar refractivity (Wildman–Crippen MR) is 115 cm³/mol. The molecule has 1 aliphatic heterocycles. The minimum atomic E-state index is -0.160. The third kappa shape index (κ3) is 3.85. The minimum absolute atomic E-state index is 0.160. The Morgan fingerprint density at radius 1 is 1.00 bits per heavy atom. The number of hydrogen-bond acceptors (Lipinski definition) is 4. The van der Waals surface area contributed by atoms with Gasteiger partial charge in [-0.25, -0.2) is 0 Å². The number of nitrogens with one attached hydrogen (secondary N) is 1. The van der Waals surface area contributed by atoms with Crippen molar-refractivity contribution in [2.75, 3.05) is 29.0 Å². The van der Waals surface area contributed by atoms with E-state index in [1.165, 1.54) is 0 Å². The second-order valence-electron chi connectivity index (χ2n) is 7.17. The fourth-order valence-electron chi connectivity index (χ4n) is 3.57. The molecule has 0 bridgehead atoms. The minimum Gasteiger partial charge on any atom is -0.399 e. The van der Waals surface area contributed by atoms with E-state index in [-0.39, 0.29) is 11.9 Å². The molecule has 5 N–H and O–H groups in total. The third-order valence-corrected chi connectivity index (χ3v) is 5.10. The molecule has 1 fully saturated rings. The van der Waals surface area contributed by atoms with E-state index in [2.05, 4.69) is 10.2 Å². The molecule has 3 aromatic carbocycles. The predicted octanol–water partition coefficient (Wildman–Crippen LogP) is 3.73. The van der Waals surface area contributed by atoms with Crippen LogP contribution in [0.1, 0.15) is 16.8 Å². The fraction of sp³-hybridized carbons (Fsp3) is 0.174. The lowest BCUT2D eigenvalue weighted by atomic mass is 10.0. The summed E-state index contributed by atoms with van der Waals surface area (Å²) in [6, 6.07) is 23.4. The molecule has 1 aliphatic rings. The van der Waals surface area contributed by atoms with Crippen molar-refractivity contribution in [2.24, 2.45) is 5.73 Å². The Kier molecular flexibility index (Phi) is 5.00. The van der Waals surface area contributed by atoms with Crippen molar-refractivity contribution in [3.8, 4) is 11.1 Å². The molecule has 1 atom stereocenters. The number of nitrogens with two attached hydrogens (primary N) is 2. The van der Waals surface area contributed by atoms with Gasteiger partial charge in [0.05, 0.1) is 5.69 Å². The molecule has 5 nitrogen and oxygen atoms in total. The van der Waals surface area contributed by atoms with Crippen LogP contribution in [0.3, 0.4) is 0 Å². The Balaban J connectivity index is 1.55. The van der Waals surface area contributed by atoms with Gasteiger partial charge in [0.2, 0.25) is 0 Å². The topological polar surface area (TPSA) is 84.4 Å². The van der Waals surface area contributed by atoms with Gasteiger partial charge in [-0.2, -0.15) is 0 Å². The zero-order valence-corrected chi connectivity index (χ0v) is 15.6. The van der Waals surface area contributed by atoms with E-state index in [1.54, 1.807) is 6.07 Å². The van der Waals surface area contributed by atoms with Crippen molar-refractivity contribution >= 4 is 23.0 Å². The summed E-state index contributed by atoms with van der Waals surface area (Å²) >= 11 is 0. The van der Waals surface area contributed by atoms with E-state index in [9.17, 15) is 4.79 Å². The quantitative estimate of drug-likeness (QED) is 0.609. The summed E-state index contributed by atoms with van der Waals surface area (Å²) in [6.07, 6.45) is 1.000. The van der Waals surface area contributed by atoms with Crippen molar-refractivity contribution < 1.29 is 4.79 Å². The Labute approximate surface area is 165 Å². The summed E-state index contributed by atoms with van der Waals surface area (Å²) < 4.78 is 0. The Hall–Kier alpha value is -3.31. The summed E-state index contributed by atoms with van der Waals surface area (Å²) in [5.74, 6) is -0.160. The molecule has 0 unspecified atom stereocenters. The number of nitrogens with zero attached hydrogens (tertiary/aromatic N) is 1. The molecule has 1 amide bonds. The first-order valence-electron chi connectivity index (χ1n) is 9.47. The number of rotatable bonds is 4. The zero-order chi connectivity index (χ0) is 19.5. The van der Waals surface area contributed by atoms with Crippen LogP contribution in [-0.2, 0) is 0 Å². The molecule has 0 radical (unpaired) electrons. The molecule has 1 saturated heterocycles. The van der Waals surface area contributed by atoms with Crippen LogP contribution in [0.15, 0.2) is 72.8 Å². The molecular formula is C23H24N4O. The van der Waals surface area contributed by atoms with E-state index < -0.39 is 0 Å². The average Bonchev–Trinajstić information content (AvgIpc) is 3.15. The van der Waals surface area contributed by atoms with Crippen LogP contribution in [0, 0.1) is 0 Å². The lowest BCUT2D eigenvalue weighted by molar-refractivity contribution is 0.102. The molecule has 5 heteroatoms. The third-order valence-electron chi connectivity index (χ3n) is 5.10. The smallest absolute Gasteiger partial charge is 0.255 e. The maximum Gasteiger partial charge on any atom is 0.255 e. The SMILES string of the molecule is Nc1ccc(-c2ccccc2)c(NC(=O)c2ccc(N3CC[C@@H](N)C3)cc2)c1. The van der Waals surface area contributed by atoms with Crippen LogP contribution in [-0.4, -0.2) is 25.0 Å². The van der Waals surface area contributed by atoms with Gasteiger partial charge in [-0.1, -0.05) is 36.4 Å². The van der Waals surface area contributed by atoms with E-state index in [0.29, 0.717) is 16.9 Å². The number of carbonyl (C=O) groups is 1. The number of nitrogen functional groups attached to an aromatic ring is 1. The molecule has 0 spiro atoms. The molecule has 3 aromatic rings. The molecule has 0 saturated carbocycles. The van der Waals surface area contributed by atoms with Crippen LogP contribution in [0.25, 0.3) is 11.1 Å². The molecular weight excluding hydrogens is 348 g/mol. The Morgan fingerprint density at radius 3 is 2.43 bits per heavy atom. The lowest BCUT2D eigenvalue weighted by Crippen LogP contribution is -2.26. The summed E-state index contributed by atoms with van der Waals surface area (Å²) in [4.78, 5) is 15.1. The second-order valence-corrected chi connectivity index (χ2v) is 7.17. The lowest BCUT2D eigenvalue weighted by Gasteiger charge is -2.18. The highest BCUT2D eigenvalue weighted by Crippen LogP contribution is 2.30. The summed E-state index contributed by atoms with van der Waals surface area (Å²) in [5, 5.41) is 3.01. The van der Waals surface area contributed by atoms with Gasteiger partial charge in [0, 0.05) is 41.6 Å². The van der Waals surface area contributed by atoms with Crippen LogP contribution in [0.2, 0.25) is 0 Å². The summed E-state index contributed by atoms with van der Waals surface area (Å²) in [6.45, 7) is 1.81. The van der Waals surface area contributed by atoms with Gasteiger partial charge in [-0.3, -0.25) is 4.79 Å². The van der Waals surface area contributed by atoms with Gasteiger partial charge in [0.25, 0.3) is 5.91 Å². The van der Waals surface area contributed by atoms with E-state index in [1.807, 2.05) is 66.7 Å². The molecule has 28 heavy (non-hydrogen) atoms. The normalized spacial score (nSPS) is 16.2. The standard InChI is InChI=1S/C23H24N4O/c24-18-8-11-21(16-4-2-1-3-5-16)22(14-18)26-23(28)17-6-9-20(10-7-17)27-13-12-19(25)15-27/h1-11,14,19H,12-13,15,24-25H2,(H,26,28)/t19-/m1/s1. The average molecular weight is 372 g/mol. The second kappa shape index (κ2) is 7.74. The van der Waals surface area contributed by atoms with Crippen molar-refractivity contribution in [3.05, 3.63) is 78.4 Å². The van der Waals surface area contributed by atoms with Crippen LogP contribution in [0.4, 0.5) is 17.1 Å².